The minimum Gasteiger partial charge on any atom is -0.344 e. The summed E-state index contributed by atoms with van der Waals surface area (Å²) in [7, 11) is 0. The van der Waals surface area contributed by atoms with E-state index in [0.717, 1.165) is 25.7 Å². The quantitative estimate of drug-likeness (QED) is 0.569. The van der Waals surface area contributed by atoms with Crippen molar-refractivity contribution in [2.45, 2.75) is 46.0 Å². The highest BCUT2D eigenvalue weighted by Gasteiger charge is 2.05. The summed E-state index contributed by atoms with van der Waals surface area (Å²) in [4.78, 5) is 10.5. The van der Waals surface area contributed by atoms with Gasteiger partial charge in [-0.15, -0.1) is 0 Å². The van der Waals surface area contributed by atoms with Crippen LogP contribution in [-0.4, -0.2) is 5.78 Å². The van der Waals surface area contributed by atoms with Crippen LogP contribution in [0.5, 0.6) is 0 Å². The lowest BCUT2D eigenvalue weighted by Gasteiger charge is -2.05. The zero-order chi connectivity index (χ0) is 7.11. The maximum Gasteiger partial charge on any atom is 0.132 e. The largest absolute Gasteiger partial charge is 0.344 e. The number of rotatable bonds is 0. The Balaban J connectivity index is 0. The van der Waals surface area contributed by atoms with Crippen molar-refractivity contribution < 1.29 is 4.79 Å². The smallest absolute Gasteiger partial charge is 0.132 e. The zero-order valence-electron chi connectivity index (χ0n) is 7.15. The van der Waals surface area contributed by atoms with Gasteiger partial charge in [-0.1, -0.05) is 20.3 Å². The van der Waals surface area contributed by atoms with Gasteiger partial charge in [-0.25, -0.2) is 0 Å². The van der Waals surface area contributed by atoms with Crippen LogP contribution in [0.4, 0.5) is 0 Å². The maximum absolute atomic E-state index is 10.5. The minimum absolute atomic E-state index is 0. The van der Waals surface area contributed by atoms with Crippen LogP contribution in [0.15, 0.2) is 0 Å². The number of hydrogen-bond acceptors (Lipinski definition) is 2. The molecule has 1 fully saturated rings. The lowest BCUT2D eigenvalue weighted by molar-refractivity contribution is -0.120. The van der Waals surface area contributed by atoms with Gasteiger partial charge < -0.3 is 6.15 Å². The molecule has 2 heteroatoms. The van der Waals surface area contributed by atoms with Gasteiger partial charge in [0.2, 0.25) is 0 Å². The van der Waals surface area contributed by atoms with Gasteiger partial charge >= 0.3 is 0 Å². The van der Waals surface area contributed by atoms with E-state index in [0.29, 0.717) is 5.78 Å². The Kier molecular flexibility index (Phi) is 10.6. The first kappa shape index (κ1) is 12.3. The third-order valence-electron chi connectivity index (χ3n) is 1.41. The first-order valence-electron chi connectivity index (χ1n) is 3.91. The molecule has 0 aromatic rings. The van der Waals surface area contributed by atoms with Crippen molar-refractivity contribution in [1.82, 2.24) is 6.15 Å². The molecule has 0 spiro atoms. The molecule has 0 aliphatic heterocycles. The van der Waals surface area contributed by atoms with Gasteiger partial charge in [0.15, 0.2) is 0 Å². The van der Waals surface area contributed by atoms with Crippen LogP contribution in [0, 0.1) is 0 Å². The Morgan fingerprint density at radius 2 is 1.40 bits per heavy atom. The summed E-state index contributed by atoms with van der Waals surface area (Å²) < 4.78 is 0. The molecule has 0 atom stereocenters. The second kappa shape index (κ2) is 8.63. The number of ketones is 1. The molecule has 1 aliphatic carbocycles. The van der Waals surface area contributed by atoms with E-state index in [9.17, 15) is 4.79 Å². The van der Waals surface area contributed by atoms with E-state index in [2.05, 4.69) is 0 Å². The first-order chi connectivity index (χ1) is 4.39. The average molecular weight is 145 g/mol. The van der Waals surface area contributed by atoms with Gasteiger partial charge in [-0.3, -0.25) is 4.79 Å². The zero-order valence-corrected chi connectivity index (χ0v) is 7.15. The monoisotopic (exact) mass is 145 g/mol. The number of Topliss-reactive ketones (excluding diaryl/α,β-unsaturated/α-hetero) is 1. The fourth-order valence-corrected chi connectivity index (χ4v) is 0.946. The molecular weight excluding hydrogens is 126 g/mol. The second-order valence-electron chi connectivity index (χ2n) is 2.10. The van der Waals surface area contributed by atoms with E-state index in [4.69, 9.17) is 0 Å². The lowest BCUT2D eigenvalue weighted by atomic mass is 10.00. The molecule has 1 saturated carbocycles. The van der Waals surface area contributed by atoms with Crippen LogP contribution >= 0.6 is 0 Å². The van der Waals surface area contributed by atoms with Crippen molar-refractivity contribution in [1.29, 1.82) is 0 Å². The first-order valence-corrected chi connectivity index (χ1v) is 3.91. The fraction of sp³-hybridized carbons (Fsp3) is 0.875. The van der Waals surface area contributed by atoms with Gasteiger partial charge in [-0.2, -0.15) is 0 Å². The predicted octanol–water partition coefficient (Wildman–Crippen LogP) is 2.71. The molecule has 1 aliphatic rings. The summed E-state index contributed by atoms with van der Waals surface area (Å²) in [5.74, 6) is 0.464. The topological polar surface area (TPSA) is 52.1 Å². The number of carbonyl (C=O) groups is 1. The summed E-state index contributed by atoms with van der Waals surface area (Å²) in [6, 6.07) is 0. The number of carbonyl (C=O) groups excluding carboxylic acids is 1. The van der Waals surface area contributed by atoms with Crippen molar-refractivity contribution in [3.05, 3.63) is 0 Å². The van der Waals surface area contributed by atoms with Crippen LogP contribution < -0.4 is 6.15 Å². The standard InChI is InChI=1S/C6H10O.C2H6.H3N/c7-6-4-2-1-3-5-6;1-2;/h1-5H2;1-2H3;1H3. The van der Waals surface area contributed by atoms with E-state index in [1.165, 1.54) is 6.42 Å². The van der Waals surface area contributed by atoms with Crippen LogP contribution in [0.3, 0.4) is 0 Å². The molecule has 0 heterocycles. The molecule has 10 heavy (non-hydrogen) atoms. The van der Waals surface area contributed by atoms with Crippen LogP contribution in [0.2, 0.25) is 0 Å². The van der Waals surface area contributed by atoms with Crippen LogP contribution in [0.25, 0.3) is 0 Å². The molecule has 3 N–H and O–H groups in total. The van der Waals surface area contributed by atoms with Crippen molar-refractivity contribution in [3.63, 3.8) is 0 Å². The van der Waals surface area contributed by atoms with E-state index in [-0.39, 0.29) is 6.15 Å². The van der Waals surface area contributed by atoms with Crippen LogP contribution in [-0.2, 0) is 4.79 Å². The lowest BCUT2D eigenvalue weighted by Crippen LogP contribution is -2.02. The van der Waals surface area contributed by atoms with Crippen molar-refractivity contribution in [2.24, 2.45) is 0 Å². The molecule has 2 nitrogen and oxygen atoms in total. The molecule has 0 radical (unpaired) electrons. The highest BCUT2D eigenvalue weighted by Crippen LogP contribution is 2.12. The normalized spacial score (nSPS) is 16.4. The Bertz CT molecular complexity index is 73.3. The van der Waals surface area contributed by atoms with Gasteiger partial charge in [0.25, 0.3) is 0 Å². The van der Waals surface area contributed by atoms with Crippen molar-refractivity contribution in [3.8, 4) is 0 Å². The maximum atomic E-state index is 10.5. The van der Waals surface area contributed by atoms with Gasteiger partial charge in [0.05, 0.1) is 0 Å². The third-order valence-corrected chi connectivity index (χ3v) is 1.41. The Morgan fingerprint density at radius 1 is 1.00 bits per heavy atom. The molecule has 0 bridgehead atoms. The minimum atomic E-state index is 0. The Labute approximate surface area is 63.6 Å². The molecule has 0 aromatic heterocycles. The molecule has 0 aromatic carbocycles. The average Bonchev–Trinajstić information content (AvgIpc) is 1.94. The van der Waals surface area contributed by atoms with Gasteiger partial charge in [0.1, 0.15) is 5.78 Å². The van der Waals surface area contributed by atoms with Crippen molar-refractivity contribution in [2.75, 3.05) is 0 Å². The molecule has 0 saturated heterocycles. The fourth-order valence-electron chi connectivity index (χ4n) is 0.946. The summed E-state index contributed by atoms with van der Waals surface area (Å²) in [5, 5.41) is 0. The van der Waals surface area contributed by atoms with E-state index < -0.39 is 0 Å². The Morgan fingerprint density at radius 3 is 1.60 bits per heavy atom. The SMILES string of the molecule is CC.N.O=C1CCCCC1. The molecule has 1 rings (SSSR count). The van der Waals surface area contributed by atoms with E-state index in [1.54, 1.807) is 0 Å². The molecule has 62 valence electrons. The van der Waals surface area contributed by atoms with E-state index in [1.807, 2.05) is 13.8 Å². The van der Waals surface area contributed by atoms with E-state index >= 15 is 0 Å². The third kappa shape index (κ3) is 5.76. The van der Waals surface area contributed by atoms with Gasteiger partial charge in [-0.05, 0) is 12.8 Å². The predicted molar refractivity (Wildman–Crippen MR) is 44.5 cm³/mol. The molecular formula is C8H19NO. The van der Waals surface area contributed by atoms with Gasteiger partial charge in [0, 0.05) is 12.8 Å². The summed E-state index contributed by atoms with van der Waals surface area (Å²) in [6.07, 6.45) is 5.24. The molecule has 0 amide bonds. The van der Waals surface area contributed by atoms with Crippen molar-refractivity contribution >= 4 is 5.78 Å². The summed E-state index contributed by atoms with van der Waals surface area (Å²) in [6.45, 7) is 4.00. The second-order valence-corrected chi connectivity index (χ2v) is 2.10. The summed E-state index contributed by atoms with van der Waals surface area (Å²) in [5.41, 5.74) is 0. The number of hydrogen-bond donors (Lipinski definition) is 1. The highest BCUT2D eigenvalue weighted by molar-refractivity contribution is 5.78. The Hall–Kier alpha value is -0.370. The van der Waals surface area contributed by atoms with Crippen LogP contribution in [0.1, 0.15) is 46.0 Å². The summed E-state index contributed by atoms with van der Waals surface area (Å²) >= 11 is 0. The highest BCUT2D eigenvalue weighted by atomic mass is 16.1. The molecule has 0 unspecified atom stereocenters.